The van der Waals surface area contributed by atoms with Gasteiger partial charge in [0.25, 0.3) is 0 Å². The zero-order valence-corrected chi connectivity index (χ0v) is 10.5. The van der Waals surface area contributed by atoms with Crippen LogP contribution in [0.25, 0.3) is 11.0 Å². The smallest absolute Gasteiger partial charge is 0.177 e. The maximum Gasteiger partial charge on any atom is 0.177 e. The van der Waals surface area contributed by atoms with Crippen LogP contribution in [0.4, 0.5) is 0 Å². The molecule has 0 saturated carbocycles. The van der Waals surface area contributed by atoms with E-state index >= 15 is 0 Å². The summed E-state index contributed by atoms with van der Waals surface area (Å²) in [6.07, 6.45) is 0. The van der Waals surface area contributed by atoms with Crippen LogP contribution in [0.1, 0.15) is 37.7 Å². The minimum Gasteiger partial charge on any atom is -0.232 e. The van der Waals surface area contributed by atoms with E-state index < -0.39 is 0 Å². The van der Waals surface area contributed by atoms with Gasteiger partial charge in [-0.15, -0.1) is 0 Å². The lowest BCUT2D eigenvalue weighted by Crippen LogP contribution is -2.11. The molecule has 4 nitrogen and oxygen atoms in total. The van der Waals surface area contributed by atoms with Gasteiger partial charge in [-0.3, -0.25) is 0 Å². The summed E-state index contributed by atoms with van der Waals surface area (Å²) in [4.78, 5) is 8.33. The molecule has 2 aromatic rings. The first-order valence-electron chi connectivity index (χ1n) is 5.58. The molecule has 0 fully saturated rings. The molecule has 0 unspecified atom stereocenters. The van der Waals surface area contributed by atoms with Crippen molar-refractivity contribution in [3.05, 3.63) is 35.2 Å². The van der Waals surface area contributed by atoms with E-state index in [0.717, 1.165) is 5.56 Å². The number of rotatable bonds is 0. The summed E-state index contributed by atoms with van der Waals surface area (Å²) >= 11 is 0. The first-order chi connectivity index (χ1) is 8.45. The Kier molecular flexibility index (Phi) is 2.73. The highest BCUT2D eigenvalue weighted by atomic mass is 14.8. The fraction of sp³-hybridized carbons (Fsp3) is 0.286. The van der Waals surface area contributed by atoms with Crippen LogP contribution < -0.4 is 0 Å². The van der Waals surface area contributed by atoms with E-state index in [0.29, 0.717) is 11.0 Å². The summed E-state index contributed by atoms with van der Waals surface area (Å²) in [7, 11) is 0. The predicted octanol–water partition coefficient (Wildman–Crippen LogP) is 2.67. The highest BCUT2D eigenvalue weighted by molar-refractivity contribution is 5.76. The van der Waals surface area contributed by atoms with Gasteiger partial charge in [-0.05, 0) is 23.1 Å². The van der Waals surface area contributed by atoms with Crippen molar-refractivity contribution < 1.29 is 0 Å². The van der Waals surface area contributed by atoms with Gasteiger partial charge < -0.3 is 0 Å². The van der Waals surface area contributed by atoms with Crippen LogP contribution in [0, 0.1) is 22.7 Å². The zero-order valence-electron chi connectivity index (χ0n) is 10.5. The van der Waals surface area contributed by atoms with E-state index in [1.54, 1.807) is 0 Å². The van der Waals surface area contributed by atoms with Crippen molar-refractivity contribution in [3.63, 3.8) is 0 Å². The fourth-order valence-electron chi connectivity index (χ4n) is 1.68. The Labute approximate surface area is 106 Å². The molecule has 4 heteroatoms. The minimum atomic E-state index is 0.0105. The van der Waals surface area contributed by atoms with Crippen LogP contribution in [-0.4, -0.2) is 9.97 Å². The third-order valence-corrected chi connectivity index (χ3v) is 2.74. The predicted molar refractivity (Wildman–Crippen MR) is 67.7 cm³/mol. The van der Waals surface area contributed by atoms with Crippen LogP contribution in [0.15, 0.2) is 18.2 Å². The molecule has 0 amide bonds. The molecule has 0 aliphatic rings. The minimum absolute atomic E-state index is 0.0105. The van der Waals surface area contributed by atoms with Crippen molar-refractivity contribution in [2.75, 3.05) is 0 Å². The van der Waals surface area contributed by atoms with E-state index in [4.69, 9.17) is 10.5 Å². The molecule has 2 rings (SSSR count). The molecule has 0 aliphatic carbocycles. The third-order valence-electron chi connectivity index (χ3n) is 2.74. The van der Waals surface area contributed by atoms with Gasteiger partial charge in [-0.2, -0.15) is 10.5 Å². The number of nitriles is 2. The molecule has 88 valence electrons. The van der Waals surface area contributed by atoms with E-state index in [1.807, 2.05) is 30.3 Å². The summed E-state index contributed by atoms with van der Waals surface area (Å²) < 4.78 is 0. The van der Waals surface area contributed by atoms with Crippen molar-refractivity contribution in [1.82, 2.24) is 9.97 Å². The molecule has 0 atom stereocenters. The summed E-state index contributed by atoms with van der Waals surface area (Å²) in [5.74, 6) is 0. The standard InChI is InChI=1S/C14H12N4/c1-14(2,3)9-4-5-10-11(6-9)18-13(8-16)12(7-15)17-10/h4-6H,1-3H3. The number of aromatic nitrogens is 2. The zero-order chi connectivity index (χ0) is 13.3. The Bertz CT molecular complexity index is 697. The monoisotopic (exact) mass is 236 g/mol. The maximum atomic E-state index is 8.93. The topological polar surface area (TPSA) is 73.4 Å². The van der Waals surface area contributed by atoms with Crippen molar-refractivity contribution in [2.45, 2.75) is 26.2 Å². The van der Waals surface area contributed by atoms with Crippen LogP contribution in [0.5, 0.6) is 0 Å². The van der Waals surface area contributed by atoms with E-state index in [-0.39, 0.29) is 16.8 Å². The average Bonchev–Trinajstić information content (AvgIpc) is 2.35. The molecule has 0 bridgehead atoms. The lowest BCUT2D eigenvalue weighted by molar-refractivity contribution is 0.591. The van der Waals surface area contributed by atoms with Gasteiger partial charge in [-0.25, -0.2) is 9.97 Å². The number of benzene rings is 1. The highest BCUT2D eigenvalue weighted by Gasteiger charge is 2.15. The summed E-state index contributed by atoms with van der Waals surface area (Å²) in [5.41, 5.74) is 2.58. The average molecular weight is 236 g/mol. The van der Waals surface area contributed by atoms with Crippen molar-refractivity contribution in [3.8, 4) is 12.1 Å². The van der Waals surface area contributed by atoms with Crippen LogP contribution in [0.2, 0.25) is 0 Å². The van der Waals surface area contributed by atoms with Gasteiger partial charge in [-0.1, -0.05) is 26.8 Å². The van der Waals surface area contributed by atoms with E-state index in [2.05, 4.69) is 30.7 Å². The second-order valence-corrected chi connectivity index (χ2v) is 5.10. The molecule has 1 aromatic carbocycles. The first-order valence-corrected chi connectivity index (χ1v) is 5.58. The lowest BCUT2D eigenvalue weighted by Gasteiger charge is -2.19. The Morgan fingerprint density at radius 3 is 2.00 bits per heavy atom. The van der Waals surface area contributed by atoms with Crippen LogP contribution in [-0.2, 0) is 5.41 Å². The van der Waals surface area contributed by atoms with Crippen LogP contribution >= 0.6 is 0 Å². The number of hydrogen-bond donors (Lipinski definition) is 0. The van der Waals surface area contributed by atoms with Gasteiger partial charge >= 0.3 is 0 Å². The van der Waals surface area contributed by atoms with Crippen molar-refractivity contribution in [1.29, 1.82) is 10.5 Å². The van der Waals surface area contributed by atoms with Crippen molar-refractivity contribution >= 4 is 11.0 Å². The molecule has 0 aliphatic heterocycles. The summed E-state index contributed by atoms with van der Waals surface area (Å²) in [5, 5.41) is 17.8. The molecule has 18 heavy (non-hydrogen) atoms. The van der Waals surface area contributed by atoms with E-state index in [9.17, 15) is 0 Å². The summed E-state index contributed by atoms with van der Waals surface area (Å²) in [6, 6.07) is 9.52. The molecule has 0 saturated heterocycles. The highest BCUT2D eigenvalue weighted by Crippen LogP contribution is 2.25. The molecule has 1 aromatic heterocycles. The second-order valence-electron chi connectivity index (χ2n) is 5.10. The number of nitrogens with zero attached hydrogens (tertiary/aromatic N) is 4. The first kappa shape index (κ1) is 12.0. The maximum absolute atomic E-state index is 8.93. The Morgan fingerprint density at radius 1 is 0.944 bits per heavy atom. The van der Waals surface area contributed by atoms with Gasteiger partial charge in [0.15, 0.2) is 11.4 Å². The fourth-order valence-corrected chi connectivity index (χ4v) is 1.68. The molecular formula is C14H12N4. The largest absolute Gasteiger partial charge is 0.232 e. The van der Waals surface area contributed by atoms with E-state index in [1.165, 1.54) is 0 Å². The normalized spacial score (nSPS) is 10.9. The van der Waals surface area contributed by atoms with Crippen molar-refractivity contribution in [2.24, 2.45) is 0 Å². The van der Waals surface area contributed by atoms with Gasteiger partial charge in [0.05, 0.1) is 11.0 Å². The molecular weight excluding hydrogens is 224 g/mol. The summed E-state index contributed by atoms with van der Waals surface area (Å²) in [6.45, 7) is 6.32. The molecule has 1 heterocycles. The Hall–Kier alpha value is -2.46. The Morgan fingerprint density at radius 2 is 1.50 bits per heavy atom. The lowest BCUT2D eigenvalue weighted by atomic mass is 9.87. The number of hydrogen-bond acceptors (Lipinski definition) is 4. The Balaban J connectivity index is 2.73. The SMILES string of the molecule is CC(C)(C)c1ccc2nc(C#N)c(C#N)nc2c1. The third kappa shape index (κ3) is 2.01. The quantitative estimate of drug-likeness (QED) is 0.704. The molecule has 0 N–H and O–H groups in total. The van der Waals surface area contributed by atoms with Gasteiger partial charge in [0.1, 0.15) is 12.1 Å². The molecule has 0 spiro atoms. The van der Waals surface area contributed by atoms with Gasteiger partial charge in [0, 0.05) is 0 Å². The molecule has 0 radical (unpaired) electrons. The van der Waals surface area contributed by atoms with Crippen LogP contribution in [0.3, 0.4) is 0 Å². The number of fused-ring (bicyclic) bond motifs is 1. The second kappa shape index (κ2) is 4.09. The van der Waals surface area contributed by atoms with Gasteiger partial charge in [0.2, 0.25) is 0 Å².